The number of rotatable bonds is 0. The lowest BCUT2D eigenvalue weighted by Crippen LogP contribution is -2.00. The Hall–Kier alpha value is -0.930. The first kappa shape index (κ1) is 4.90. The fourth-order valence-corrected chi connectivity index (χ4v) is 1.18. The molecule has 0 fully saturated rings. The average molecular weight is 124 g/mol. The zero-order valence-electron chi connectivity index (χ0n) is 5.28. The van der Waals surface area contributed by atoms with Crippen molar-refractivity contribution in [2.45, 2.75) is 25.8 Å². The van der Waals surface area contributed by atoms with Crippen LogP contribution in [0.2, 0.25) is 0 Å². The van der Waals surface area contributed by atoms with Crippen molar-refractivity contribution in [3.05, 3.63) is 5.82 Å². The molecule has 0 radical (unpaired) electrons. The van der Waals surface area contributed by atoms with Crippen LogP contribution in [0.15, 0.2) is 0 Å². The van der Waals surface area contributed by atoms with Gasteiger partial charge in [-0.1, -0.05) is 0 Å². The van der Waals surface area contributed by atoms with Crippen LogP contribution in [0.3, 0.4) is 0 Å². The van der Waals surface area contributed by atoms with Crippen LogP contribution in [-0.4, -0.2) is 20.2 Å². The second-order valence-electron chi connectivity index (χ2n) is 2.43. The van der Waals surface area contributed by atoms with Gasteiger partial charge < -0.3 is 0 Å². The minimum absolute atomic E-state index is 0.509. The summed E-state index contributed by atoms with van der Waals surface area (Å²) in [6, 6.07) is 0.509. The molecule has 4 nitrogen and oxygen atoms in total. The lowest BCUT2D eigenvalue weighted by atomic mass is 10.2. The third-order valence-corrected chi connectivity index (χ3v) is 1.76. The molecule has 1 aliphatic heterocycles. The first-order valence-corrected chi connectivity index (χ1v) is 3.14. The number of aromatic nitrogens is 4. The number of tetrazole rings is 1. The summed E-state index contributed by atoms with van der Waals surface area (Å²) in [5.74, 6) is 1.03. The van der Waals surface area contributed by atoms with Gasteiger partial charge in [0.05, 0.1) is 6.04 Å². The first-order valence-electron chi connectivity index (χ1n) is 3.14. The van der Waals surface area contributed by atoms with Crippen molar-refractivity contribution in [3.8, 4) is 0 Å². The van der Waals surface area contributed by atoms with E-state index in [1.54, 1.807) is 0 Å². The van der Waals surface area contributed by atoms with Gasteiger partial charge in [0.2, 0.25) is 0 Å². The molecule has 1 aromatic heterocycles. The van der Waals surface area contributed by atoms with E-state index in [9.17, 15) is 0 Å². The number of hydrogen-bond acceptors (Lipinski definition) is 3. The molecule has 1 atom stereocenters. The van der Waals surface area contributed by atoms with Crippen LogP contribution in [0.5, 0.6) is 0 Å². The fourth-order valence-electron chi connectivity index (χ4n) is 1.18. The molecule has 1 aliphatic rings. The smallest absolute Gasteiger partial charge is 0.151 e. The largest absolute Gasteiger partial charge is 0.227 e. The summed E-state index contributed by atoms with van der Waals surface area (Å²) < 4.78 is 1.89. The van der Waals surface area contributed by atoms with Crippen LogP contribution in [0.1, 0.15) is 25.2 Å². The highest BCUT2D eigenvalue weighted by atomic mass is 15.6. The molecule has 0 bridgehead atoms. The van der Waals surface area contributed by atoms with E-state index in [2.05, 4.69) is 22.4 Å². The maximum atomic E-state index is 3.85. The van der Waals surface area contributed by atoms with Crippen molar-refractivity contribution in [1.29, 1.82) is 0 Å². The Labute approximate surface area is 52.9 Å². The number of aryl methyl sites for hydroxylation is 1. The third kappa shape index (κ3) is 0.557. The number of fused-ring (bicyclic) bond motifs is 1. The molecular weight excluding hydrogens is 116 g/mol. The van der Waals surface area contributed by atoms with E-state index in [1.807, 2.05) is 4.68 Å². The Kier molecular flexibility index (Phi) is 0.831. The minimum Gasteiger partial charge on any atom is -0.227 e. The molecule has 0 N–H and O–H groups in total. The van der Waals surface area contributed by atoms with Crippen LogP contribution in [-0.2, 0) is 6.42 Å². The normalized spacial score (nSPS) is 24.3. The van der Waals surface area contributed by atoms with Gasteiger partial charge in [0.15, 0.2) is 5.82 Å². The Balaban J connectivity index is 2.49. The average Bonchev–Trinajstić information content (AvgIpc) is 2.35. The highest BCUT2D eigenvalue weighted by molar-refractivity contribution is 4.90. The molecule has 0 saturated heterocycles. The van der Waals surface area contributed by atoms with Crippen LogP contribution >= 0.6 is 0 Å². The molecule has 2 rings (SSSR count). The number of nitrogens with zero attached hydrogens (tertiary/aromatic N) is 4. The zero-order chi connectivity index (χ0) is 6.27. The van der Waals surface area contributed by atoms with Crippen LogP contribution in [0.25, 0.3) is 0 Å². The van der Waals surface area contributed by atoms with Gasteiger partial charge in [-0.2, -0.15) is 0 Å². The van der Waals surface area contributed by atoms with E-state index < -0.39 is 0 Å². The van der Waals surface area contributed by atoms with Crippen LogP contribution in [0, 0.1) is 0 Å². The molecule has 9 heavy (non-hydrogen) atoms. The van der Waals surface area contributed by atoms with Gasteiger partial charge in [0.1, 0.15) is 0 Å². The summed E-state index contributed by atoms with van der Waals surface area (Å²) in [5.41, 5.74) is 0. The van der Waals surface area contributed by atoms with E-state index in [0.717, 1.165) is 18.7 Å². The molecule has 4 heteroatoms. The van der Waals surface area contributed by atoms with E-state index in [1.165, 1.54) is 0 Å². The maximum absolute atomic E-state index is 3.85. The fraction of sp³-hybridized carbons (Fsp3) is 0.800. The van der Waals surface area contributed by atoms with Crippen molar-refractivity contribution < 1.29 is 0 Å². The van der Waals surface area contributed by atoms with Crippen LogP contribution in [0.4, 0.5) is 0 Å². The van der Waals surface area contributed by atoms with E-state index in [4.69, 9.17) is 0 Å². The quantitative estimate of drug-likeness (QED) is 0.495. The second kappa shape index (κ2) is 1.52. The van der Waals surface area contributed by atoms with Gasteiger partial charge >= 0.3 is 0 Å². The van der Waals surface area contributed by atoms with Gasteiger partial charge in [-0.3, -0.25) is 0 Å². The van der Waals surface area contributed by atoms with Gasteiger partial charge in [-0.15, -0.1) is 5.10 Å². The van der Waals surface area contributed by atoms with Gasteiger partial charge in [0.25, 0.3) is 0 Å². The SMILES string of the molecule is C[C@@H]1CCc2nnnn21. The van der Waals surface area contributed by atoms with Gasteiger partial charge in [0, 0.05) is 6.42 Å². The molecular formula is C5H8N4. The highest BCUT2D eigenvalue weighted by Crippen LogP contribution is 2.20. The van der Waals surface area contributed by atoms with Crippen molar-refractivity contribution in [2.24, 2.45) is 0 Å². The first-order chi connectivity index (χ1) is 4.38. The van der Waals surface area contributed by atoms with Gasteiger partial charge in [-0.25, -0.2) is 4.68 Å². The molecule has 48 valence electrons. The second-order valence-corrected chi connectivity index (χ2v) is 2.43. The van der Waals surface area contributed by atoms with Gasteiger partial charge in [-0.05, 0) is 23.8 Å². The molecule has 0 saturated carbocycles. The Morgan fingerprint density at radius 3 is 3.33 bits per heavy atom. The summed E-state index contributed by atoms with van der Waals surface area (Å²) in [7, 11) is 0. The summed E-state index contributed by atoms with van der Waals surface area (Å²) in [6.07, 6.45) is 2.20. The molecule has 0 aromatic carbocycles. The standard InChI is InChI=1S/C5H8N4/c1-4-2-3-5-6-7-8-9(4)5/h4H,2-3H2,1H3/t4-/m1/s1. The van der Waals surface area contributed by atoms with Crippen molar-refractivity contribution in [3.63, 3.8) is 0 Å². The third-order valence-electron chi connectivity index (χ3n) is 1.76. The lowest BCUT2D eigenvalue weighted by Gasteiger charge is -1.98. The Morgan fingerprint density at radius 2 is 2.56 bits per heavy atom. The molecule has 0 aliphatic carbocycles. The summed E-state index contributed by atoms with van der Waals surface area (Å²) in [4.78, 5) is 0. The molecule has 0 spiro atoms. The van der Waals surface area contributed by atoms with Crippen LogP contribution < -0.4 is 0 Å². The van der Waals surface area contributed by atoms with Crippen molar-refractivity contribution in [1.82, 2.24) is 20.2 Å². The summed E-state index contributed by atoms with van der Waals surface area (Å²) in [5, 5.41) is 11.2. The lowest BCUT2D eigenvalue weighted by molar-refractivity contribution is 0.502. The van der Waals surface area contributed by atoms with Crippen molar-refractivity contribution >= 4 is 0 Å². The summed E-state index contributed by atoms with van der Waals surface area (Å²) >= 11 is 0. The number of hydrogen-bond donors (Lipinski definition) is 0. The predicted molar refractivity (Wildman–Crippen MR) is 30.8 cm³/mol. The molecule has 0 unspecified atom stereocenters. The molecule has 0 amide bonds. The molecule has 1 aromatic rings. The monoisotopic (exact) mass is 124 g/mol. The molecule has 2 heterocycles. The topological polar surface area (TPSA) is 43.6 Å². The summed E-state index contributed by atoms with van der Waals surface area (Å²) in [6.45, 7) is 2.13. The predicted octanol–water partition coefficient (Wildman–Crippen LogP) is 0.180. The Bertz CT molecular complexity index is 216. The van der Waals surface area contributed by atoms with Crippen molar-refractivity contribution in [2.75, 3.05) is 0 Å². The highest BCUT2D eigenvalue weighted by Gasteiger charge is 2.19. The van der Waals surface area contributed by atoms with E-state index >= 15 is 0 Å². The van der Waals surface area contributed by atoms with E-state index in [0.29, 0.717) is 6.04 Å². The minimum atomic E-state index is 0.509. The Morgan fingerprint density at radius 1 is 1.67 bits per heavy atom. The zero-order valence-corrected chi connectivity index (χ0v) is 5.28. The maximum Gasteiger partial charge on any atom is 0.151 e. The van der Waals surface area contributed by atoms with E-state index in [-0.39, 0.29) is 0 Å².